The van der Waals surface area contributed by atoms with Crippen LogP contribution in [0.1, 0.15) is 36.5 Å². The van der Waals surface area contributed by atoms with E-state index in [1.165, 1.54) is 0 Å². The molecular weight excluding hydrogens is 256 g/mol. The highest BCUT2D eigenvalue weighted by Crippen LogP contribution is 2.35. The number of hydrogen-bond acceptors (Lipinski definition) is 4. The van der Waals surface area contributed by atoms with E-state index in [-0.39, 0.29) is 18.1 Å². The van der Waals surface area contributed by atoms with Crippen molar-refractivity contribution in [1.29, 1.82) is 0 Å². The summed E-state index contributed by atoms with van der Waals surface area (Å²) in [7, 11) is 0. The highest BCUT2D eigenvalue weighted by Gasteiger charge is 2.41. The number of fused-ring (bicyclic) bond motifs is 2. The van der Waals surface area contributed by atoms with E-state index in [0.29, 0.717) is 29.7 Å². The molecule has 3 N–H and O–H groups in total. The fourth-order valence-electron chi connectivity index (χ4n) is 3.10. The first-order valence-corrected chi connectivity index (χ1v) is 7.16. The molecule has 5 heteroatoms. The molecule has 2 bridgehead atoms. The Morgan fingerprint density at radius 1 is 1.50 bits per heavy atom. The van der Waals surface area contributed by atoms with Gasteiger partial charge >= 0.3 is 0 Å². The third-order valence-electron chi connectivity index (χ3n) is 4.01. The molecule has 1 amide bonds. The van der Waals surface area contributed by atoms with Crippen molar-refractivity contribution in [3.63, 3.8) is 0 Å². The Morgan fingerprint density at radius 2 is 2.35 bits per heavy atom. The summed E-state index contributed by atoms with van der Waals surface area (Å²) in [5.41, 5.74) is 6.80. The quantitative estimate of drug-likeness (QED) is 0.821. The van der Waals surface area contributed by atoms with Crippen LogP contribution < -0.4 is 15.8 Å². The number of hydrogen-bond donors (Lipinski definition) is 2. The summed E-state index contributed by atoms with van der Waals surface area (Å²) in [6, 6.07) is 5.37. The molecule has 0 aromatic heterocycles. The van der Waals surface area contributed by atoms with Gasteiger partial charge in [0.05, 0.1) is 24.9 Å². The molecule has 5 nitrogen and oxygen atoms in total. The van der Waals surface area contributed by atoms with E-state index in [9.17, 15) is 4.79 Å². The van der Waals surface area contributed by atoms with Crippen molar-refractivity contribution in [2.75, 3.05) is 12.3 Å². The van der Waals surface area contributed by atoms with Gasteiger partial charge in [0, 0.05) is 5.69 Å². The van der Waals surface area contributed by atoms with Crippen molar-refractivity contribution in [1.82, 2.24) is 5.32 Å². The molecule has 2 heterocycles. The first-order chi connectivity index (χ1) is 9.69. The van der Waals surface area contributed by atoms with Crippen LogP contribution in [0.3, 0.4) is 0 Å². The number of amides is 1. The monoisotopic (exact) mass is 276 g/mol. The highest BCUT2D eigenvalue weighted by atomic mass is 16.5. The number of benzene rings is 1. The van der Waals surface area contributed by atoms with Gasteiger partial charge in [-0.1, -0.05) is 6.07 Å². The predicted molar refractivity (Wildman–Crippen MR) is 75.8 cm³/mol. The number of nitrogens with two attached hydrogens (primary N) is 1. The van der Waals surface area contributed by atoms with Crippen LogP contribution in [0.4, 0.5) is 5.69 Å². The Bertz CT molecular complexity index is 518. The molecule has 0 radical (unpaired) electrons. The lowest BCUT2D eigenvalue weighted by Crippen LogP contribution is -2.41. The number of ether oxygens (including phenoxy) is 2. The summed E-state index contributed by atoms with van der Waals surface area (Å²) in [6.07, 6.45) is 3.49. The van der Waals surface area contributed by atoms with E-state index >= 15 is 0 Å². The summed E-state index contributed by atoms with van der Waals surface area (Å²) >= 11 is 0. The largest absolute Gasteiger partial charge is 0.493 e. The molecule has 1 aromatic carbocycles. The minimum absolute atomic E-state index is 0.0929. The molecule has 2 fully saturated rings. The van der Waals surface area contributed by atoms with Gasteiger partial charge in [0.1, 0.15) is 11.3 Å². The predicted octanol–water partition coefficient (Wildman–Crippen LogP) is 1.72. The van der Waals surface area contributed by atoms with Crippen molar-refractivity contribution in [2.24, 2.45) is 0 Å². The van der Waals surface area contributed by atoms with Crippen molar-refractivity contribution >= 4 is 11.6 Å². The smallest absolute Gasteiger partial charge is 0.257 e. The zero-order chi connectivity index (χ0) is 14.1. The lowest BCUT2D eigenvalue weighted by Gasteiger charge is -2.21. The lowest BCUT2D eigenvalue weighted by molar-refractivity contribution is 0.0839. The summed E-state index contributed by atoms with van der Waals surface area (Å²) in [6.45, 7) is 2.38. The molecule has 0 spiro atoms. The molecule has 0 aliphatic carbocycles. The van der Waals surface area contributed by atoms with Gasteiger partial charge in [-0.2, -0.15) is 0 Å². The topological polar surface area (TPSA) is 73.6 Å². The molecule has 20 heavy (non-hydrogen) atoms. The standard InChI is InChI=1S/C15H20N2O3/c1-2-19-13-5-3-4-10(16)14(13)15(18)17-11-8-9-6-7-12(11)20-9/h3-5,9,11-12H,2,6-8,16H2,1H3,(H,17,18). The van der Waals surface area contributed by atoms with Crippen molar-refractivity contribution in [3.8, 4) is 5.75 Å². The molecule has 2 aliphatic rings. The third kappa shape index (κ3) is 2.33. The summed E-state index contributed by atoms with van der Waals surface area (Å²) in [5.74, 6) is 0.363. The molecule has 3 atom stereocenters. The molecule has 1 aromatic rings. The fraction of sp³-hybridized carbons (Fsp3) is 0.533. The number of carbonyl (C=O) groups excluding carboxylic acids is 1. The molecule has 3 unspecified atom stereocenters. The molecule has 2 aliphatic heterocycles. The number of carbonyl (C=O) groups is 1. The maximum atomic E-state index is 12.5. The Balaban J connectivity index is 1.76. The van der Waals surface area contributed by atoms with Crippen LogP contribution in [0.15, 0.2) is 18.2 Å². The maximum absolute atomic E-state index is 12.5. The van der Waals surface area contributed by atoms with E-state index in [4.69, 9.17) is 15.2 Å². The first kappa shape index (κ1) is 13.2. The van der Waals surface area contributed by atoms with Crippen LogP contribution >= 0.6 is 0 Å². The second kappa shape index (κ2) is 5.32. The zero-order valence-electron chi connectivity index (χ0n) is 11.6. The van der Waals surface area contributed by atoms with E-state index in [0.717, 1.165) is 19.3 Å². The van der Waals surface area contributed by atoms with Gasteiger partial charge in [-0.05, 0) is 38.3 Å². The minimum atomic E-state index is -0.173. The van der Waals surface area contributed by atoms with Crippen LogP contribution in [0.2, 0.25) is 0 Å². The van der Waals surface area contributed by atoms with E-state index in [2.05, 4.69) is 5.32 Å². The maximum Gasteiger partial charge on any atom is 0.257 e. The lowest BCUT2D eigenvalue weighted by atomic mass is 9.95. The molecule has 0 saturated carbocycles. The van der Waals surface area contributed by atoms with Gasteiger partial charge in [0.15, 0.2) is 0 Å². The summed E-state index contributed by atoms with van der Waals surface area (Å²) in [5, 5.41) is 3.04. The minimum Gasteiger partial charge on any atom is -0.493 e. The summed E-state index contributed by atoms with van der Waals surface area (Å²) < 4.78 is 11.2. The average Bonchev–Trinajstić information content (AvgIpc) is 3.01. The second-order valence-corrected chi connectivity index (χ2v) is 5.34. The SMILES string of the molecule is CCOc1cccc(N)c1C(=O)NC1CC2CCC1O2. The van der Waals surface area contributed by atoms with E-state index < -0.39 is 0 Å². The van der Waals surface area contributed by atoms with Gasteiger partial charge in [0.25, 0.3) is 5.91 Å². The van der Waals surface area contributed by atoms with Crippen molar-refractivity contribution < 1.29 is 14.3 Å². The van der Waals surface area contributed by atoms with Crippen molar-refractivity contribution in [2.45, 2.75) is 44.4 Å². The fourth-order valence-corrected chi connectivity index (χ4v) is 3.10. The van der Waals surface area contributed by atoms with Gasteiger partial charge in [-0.3, -0.25) is 4.79 Å². The van der Waals surface area contributed by atoms with E-state index in [1.807, 2.05) is 6.92 Å². The molecule has 3 rings (SSSR count). The molecule has 108 valence electrons. The van der Waals surface area contributed by atoms with Gasteiger partial charge < -0.3 is 20.5 Å². The van der Waals surface area contributed by atoms with Crippen LogP contribution in [0, 0.1) is 0 Å². The molecule has 2 saturated heterocycles. The second-order valence-electron chi connectivity index (χ2n) is 5.34. The number of anilines is 1. The number of nitrogens with one attached hydrogen (secondary N) is 1. The summed E-state index contributed by atoms with van der Waals surface area (Å²) in [4.78, 5) is 12.5. The highest BCUT2D eigenvalue weighted by molar-refractivity contribution is 6.02. The van der Waals surface area contributed by atoms with E-state index in [1.54, 1.807) is 18.2 Å². The zero-order valence-corrected chi connectivity index (χ0v) is 11.6. The Labute approximate surface area is 118 Å². The Morgan fingerprint density at radius 3 is 3.00 bits per heavy atom. The van der Waals surface area contributed by atoms with Crippen molar-refractivity contribution in [3.05, 3.63) is 23.8 Å². The first-order valence-electron chi connectivity index (χ1n) is 7.16. The third-order valence-corrected chi connectivity index (χ3v) is 4.01. The van der Waals surface area contributed by atoms with Crippen LogP contribution in [-0.4, -0.2) is 30.8 Å². The van der Waals surface area contributed by atoms with Gasteiger partial charge in [-0.25, -0.2) is 0 Å². The van der Waals surface area contributed by atoms with Gasteiger partial charge in [-0.15, -0.1) is 0 Å². The van der Waals surface area contributed by atoms with Gasteiger partial charge in [0.2, 0.25) is 0 Å². The molecular formula is C15H20N2O3. The number of nitrogen functional groups attached to an aromatic ring is 1. The number of rotatable bonds is 4. The normalized spacial score (nSPS) is 27.6. The van der Waals surface area contributed by atoms with Crippen LogP contribution in [-0.2, 0) is 4.74 Å². The van der Waals surface area contributed by atoms with Crippen LogP contribution in [0.5, 0.6) is 5.75 Å². The average molecular weight is 276 g/mol. The Kier molecular flexibility index (Phi) is 3.53. The Hall–Kier alpha value is -1.75. The van der Waals surface area contributed by atoms with Crippen LogP contribution in [0.25, 0.3) is 0 Å².